The number of thioether (sulfide) groups is 1. The van der Waals surface area contributed by atoms with Crippen molar-refractivity contribution >= 4 is 11.8 Å². The average molecular weight is 145 g/mol. The van der Waals surface area contributed by atoms with Crippen molar-refractivity contribution in [2.24, 2.45) is 0 Å². The Morgan fingerprint density at radius 3 is 2.56 bits per heavy atom. The van der Waals surface area contributed by atoms with E-state index in [9.17, 15) is 0 Å². The van der Waals surface area contributed by atoms with Crippen LogP contribution in [0.1, 0.15) is 27.2 Å². The zero-order valence-corrected chi connectivity index (χ0v) is 7.22. The highest BCUT2D eigenvalue weighted by molar-refractivity contribution is 8.01. The Morgan fingerprint density at radius 2 is 2.22 bits per heavy atom. The van der Waals surface area contributed by atoms with Crippen molar-refractivity contribution in [2.45, 2.75) is 37.3 Å². The summed E-state index contributed by atoms with van der Waals surface area (Å²) < 4.78 is 0. The van der Waals surface area contributed by atoms with Crippen molar-refractivity contribution in [3.05, 3.63) is 0 Å². The molecule has 0 aliphatic carbocycles. The quantitative estimate of drug-likeness (QED) is 0.558. The molecular formula is C7H15NS. The minimum atomic E-state index is 0.317. The minimum Gasteiger partial charge on any atom is -0.303 e. The van der Waals surface area contributed by atoms with Crippen LogP contribution in [0.15, 0.2) is 0 Å². The van der Waals surface area contributed by atoms with Crippen LogP contribution in [0.25, 0.3) is 0 Å². The standard InChI is InChI=1S/C7H15NS/c1-6-4-5-8-7(2,3)9-6/h6,8H,4-5H2,1-3H3. The third-order valence-corrected chi connectivity index (χ3v) is 2.97. The zero-order chi connectivity index (χ0) is 6.91. The first-order chi connectivity index (χ1) is 4.10. The van der Waals surface area contributed by atoms with Gasteiger partial charge in [-0.3, -0.25) is 0 Å². The second-order valence-electron chi connectivity index (χ2n) is 3.15. The summed E-state index contributed by atoms with van der Waals surface area (Å²) in [5.41, 5.74) is 0. The lowest BCUT2D eigenvalue weighted by atomic mass is 10.3. The molecule has 1 unspecified atom stereocenters. The van der Waals surface area contributed by atoms with Crippen LogP contribution in [0, 0.1) is 0 Å². The van der Waals surface area contributed by atoms with E-state index in [0.29, 0.717) is 4.87 Å². The smallest absolute Gasteiger partial charge is 0.0590 e. The number of rotatable bonds is 0. The van der Waals surface area contributed by atoms with E-state index in [4.69, 9.17) is 0 Å². The van der Waals surface area contributed by atoms with E-state index in [0.717, 1.165) is 5.25 Å². The molecule has 1 nitrogen and oxygen atoms in total. The van der Waals surface area contributed by atoms with Crippen LogP contribution in [0.2, 0.25) is 0 Å². The molecule has 2 heteroatoms. The summed E-state index contributed by atoms with van der Waals surface area (Å²) in [6, 6.07) is 0. The fourth-order valence-electron chi connectivity index (χ4n) is 1.18. The van der Waals surface area contributed by atoms with Gasteiger partial charge in [-0.2, -0.15) is 0 Å². The Kier molecular flexibility index (Phi) is 2.07. The molecule has 1 N–H and O–H groups in total. The summed E-state index contributed by atoms with van der Waals surface area (Å²) in [4.78, 5) is 0.317. The molecular weight excluding hydrogens is 130 g/mol. The predicted octanol–water partition coefficient (Wildman–Crippen LogP) is 1.84. The van der Waals surface area contributed by atoms with Gasteiger partial charge in [0.2, 0.25) is 0 Å². The molecule has 9 heavy (non-hydrogen) atoms. The van der Waals surface area contributed by atoms with Crippen LogP contribution in [0.5, 0.6) is 0 Å². The van der Waals surface area contributed by atoms with Crippen molar-refractivity contribution in [3.63, 3.8) is 0 Å². The maximum atomic E-state index is 3.45. The molecule has 1 fully saturated rings. The Morgan fingerprint density at radius 1 is 1.56 bits per heavy atom. The first kappa shape index (κ1) is 7.42. The summed E-state index contributed by atoms with van der Waals surface area (Å²) >= 11 is 2.03. The van der Waals surface area contributed by atoms with E-state index in [1.165, 1.54) is 13.0 Å². The monoisotopic (exact) mass is 145 g/mol. The lowest BCUT2D eigenvalue weighted by Gasteiger charge is -2.34. The predicted molar refractivity (Wildman–Crippen MR) is 43.8 cm³/mol. The van der Waals surface area contributed by atoms with Gasteiger partial charge >= 0.3 is 0 Å². The third-order valence-electron chi connectivity index (χ3n) is 1.60. The van der Waals surface area contributed by atoms with E-state index < -0.39 is 0 Å². The first-order valence-corrected chi connectivity index (χ1v) is 4.41. The van der Waals surface area contributed by atoms with Gasteiger partial charge in [-0.05, 0) is 26.8 Å². The highest BCUT2D eigenvalue weighted by Crippen LogP contribution is 2.30. The Balaban J connectivity index is 2.41. The van der Waals surface area contributed by atoms with Crippen LogP contribution in [0.4, 0.5) is 0 Å². The van der Waals surface area contributed by atoms with Crippen LogP contribution < -0.4 is 5.32 Å². The van der Waals surface area contributed by atoms with E-state index in [1.54, 1.807) is 0 Å². The lowest BCUT2D eigenvalue weighted by Crippen LogP contribution is -2.42. The van der Waals surface area contributed by atoms with E-state index in [2.05, 4.69) is 26.1 Å². The Labute approximate surface area is 61.6 Å². The molecule has 1 rings (SSSR count). The first-order valence-electron chi connectivity index (χ1n) is 3.53. The normalized spacial score (nSPS) is 34.3. The van der Waals surface area contributed by atoms with E-state index in [-0.39, 0.29) is 0 Å². The summed E-state index contributed by atoms with van der Waals surface area (Å²) in [6.07, 6.45) is 1.31. The highest BCUT2D eigenvalue weighted by atomic mass is 32.2. The SMILES string of the molecule is CC1CCNC(C)(C)S1. The molecule has 0 aromatic carbocycles. The number of hydrogen-bond acceptors (Lipinski definition) is 2. The second-order valence-corrected chi connectivity index (χ2v) is 5.22. The van der Waals surface area contributed by atoms with Gasteiger partial charge in [0.25, 0.3) is 0 Å². The number of nitrogens with one attached hydrogen (secondary N) is 1. The highest BCUT2D eigenvalue weighted by Gasteiger charge is 2.24. The van der Waals surface area contributed by atoms with Crippen molar-refractivity contribution in [3.8, 4) is 0 Å². The molecule has 54 valence electrons. The maximum absolute atomic E-state index is 3.45. The van der Waals surface area contributed by atoms with Crippen molar-refractivity contribution in [1.82, 2.24) is 5.32 Å². The van der Waals surface area contributed by atoms with Gasteiger partial charge in [-0.25, -0.2) is 0 Å². The van der Waals surface area contributed by atoms with Crippen LogP contribution >= 0.6 is 11.8 Å². The van der Waals surface area contributed by atoms with E-state index in [1.807, 2.05) is 11.8 Å². The lowest BCUT2D eigenvalue weighted by molar-refractivity contribution is 0.502. The summed E-state index contributed by atoms with van der Waals surface area (Å²) in [5, 5.41) is 4.29. The minimum absolute atomic E-state index is 0.317. The van der Waals surface area contributed by atoms with Gasteiger partial charge in [0, 0.05) is 5.25 Å². The molecule has 0 bridgehead atoms. The van der Waals surface area contributed by atoms with Gasteiger partial charge < -0.3 is 5.32 Å². The topological polar surface area (TPSA) is 12.0 Å². The van der Waals surface area contributed by atoms with Crippen LogP contribution in [-0.4, -0.2) is 16.7 Å². The summed E-state index contributed by atoms with van der Waals surface area (Å²) in [7, 11) is 0. The van der Waals surface area contributed by atoms with Gasteiger partial charge in [0.05, 0.1) is 4.87 Å². The van der Waals surface area contributed by atoms with Crippen molar-refractivity contribution in [2.75, 3.05) is 6.54 Å². The van der Waals surface area contributed by atoms with Gasteiger partial charge in [-0.15, -0.1) is 11.8 Å². The molecule has 1 heterocycles. The fraction of sp³-hybridized carbons (Fsp3) is 1.00. The molecule has 1 saturated heterocycles. The van der Waals surface area contributed by atoms with Crippen molar-refractivity contribution < 1.29 is 0 Å². The van der Waals surface area contributed by atoms with Gasteiger partial charge in [0.15, 0.2) is 0 Å². The molecule has 0 aromatic heterocycles. The van der Waals surface area contributed by atoms with Gasteiger partial charge in [-0.1, -0.05) is 6.92 Å². The maximum Gasteiger partial charge on any atom is 0.0590 e. The molecule has 0 amide bonds. The third kappa shape index (κ3) is 2.18. The molecule has 1 aliphatic rings. The van der Waals surface area contributed by atoms with Crippen LogP contribution in [0.3, 0.4) is 0 Å². The Hall–Kier alpha value is 0.310. The molecule has 0 spiro atoms. The molecule has 0 aromatic rings. The van der Waals surface area contributed by atoms with Gasteiger partial charge in [0.1, 0.15) is 0 Å². The molecule has 0 saturated carbocycles. The number of hydrogen-bond donors (Lipinski definition) is 1. The molecule has 1 atom stereocenters. The fourth-order valence-corrected chi connectivity index (χ4v) is 2.61. The summed E-state index contributed by atoms with van der Waals surface area (Å²) in [5.74, 6) is 0. The van der Waals surface area contributed by atoms with Crippen LogP contribution in [-0.2, 0) is 0 Å². The van der Waals surface area contributed by atoms with E-state index >= 15 is 0 Å². The molecule has 0 radical (unpaired) electrons. The molecule has 1 aliphatic heterocycles. The largest absolute Gasteiger partial charge is 0.303 e. The average Bonchev–Trinajstić information content (AvgIpc) is 1.60. The van der Waals surface area contributed by atoms with Crippen molar-refractivity contribution in [1.29, 1.82) is 0 Å². The summed E-state index contributed by atoms with van der Waals surface area (Å²) in [6.45, 7) is 7.97. The zero-order valence-electron chi connectivity index (χ0n) is 6.40. The Bertz CT molecular complexity index is 101. The second kappa shape index (κ2) is 2.51.